The maximum absolute atomic E-state index is 12.2. The van der Waals surface area contributed by atoms with Gasteiger partial charge in [-0.15, -0.1) is 0 Å². The monoisotopic (exact) mass is 570 g/mol. The third-order valence-corrected chi connectivity index (χ3v) is 7.08. The molecule has 0 aliphatic rings. The highest BCUT2D eigenvalue weighted by Crippen LogP contribution is 2.14. The number of nitrogens with one attached hydrogen (secondary N) is 2. The van der Waals surface area contributed by atoms with Crippen LogP contribution in [0.1, 0.15) is 148 Å². The lowest BCUT2D eigenvalue weighted by Crippen LogP contribution is -2.44. The number of carboxylic acids is 3. The number of hydrogen-bond acceptors (Lipinski definition) is 5. The quantitative estimate of drug-likeness (QED) is 0.0733. The zero-order valence-corrected chi connectivity index (χ0v) is 24.6. The molecule has 0 aliphatic heterocycles. The summed E-state index contributed by atoms with van der Waals surface area (Å²) in [6.45, 7) is 2.25. The third-order valence-electron chi connectivity index (χ3n) is 7.08. The smallest absolute Gasteiger partial charge is 0.326 e. The van der Waals surface area contributed by atoms with Crippen LogP contribution in [-0.2, 0) is 24.0 Å². The number of rotatable bonds is 28. The number of hydrogen-bond donors (Lipinski definition) is 5. The van der Waals surface area contributed by atoms with E-state index in [0.29, 0.717) is 6.42 Å². The topological polar surface area (TPSA) is 170 Å². The highest BCUT2D eigenvalue weighted by atomic mass is 16.4. The Hall–Kier alpha value is -2.65. The van der Waals surface area contributed by atoms with Gasteiger partial charge < -0.3 is 26.0 Å². The van der Waals surface area contributed by atoms with E-state index < -0.39 is 48.2 Å². The van der Waals surface area contributed by atoms with Crippen LogP contribution in [0.25, 0.3) is 0 Å². The Morgan fingerprint density at radius 1 is 0.475 bits per heavy atom. The Labute approximate surface area is 240 Å². The first-order valence-electron chi connectivity index (χ1n) is 15.4. The molecule has 0 aromatic carbocycles. The summed E-state index contributed by atoms with van der Waals surface area (Å²) >= 11 is 0. The van der Waals surface area contributed by atoms with Crippen molar-refractivity contribution in [1.29, 1.82) is 0 Å². The molecule has 10 heteroatoms. The summed E-state index contributed by atoms with van der Waals surface area (Å²) in [5.74, 6) is -4.94. The van der Waals surface area contributed by atoms with E-state index in [9.17, 15) is 29.1 Å². The van der Waals surface area contributed by atoms with Gasteiger partial charge in [-0.1, -0.05) is 110 Å². The first-order valence-corrected chi connectivity index (χ1v) is 15.4. The summed E-state index contributed by atoms with van der Waals surface area (Å²) in [5.41, 5.74) is 0. The zero-order valence-electron chi connectivity index (χ0n) is 24.6. The van der Waals surface area contributed by atoms with Crippen LogP contribution < -0.4 is 10.6 Å². The molecule has 0 bridgehead atoms. The molecular weight excluding hydrogens is 516 g/mol. The van der Waals surface area contributed by atoms with Gasteiger partial charge in [0, 0.05) is 19.3 Å². The van der Waals surface area contributed by atoms with Crippen LogP contribution in [-0.4, -0.2) is 57.1 Å². The molecule has 0 saturated carbocycles. The summed E-state index contributed by atoms with van der Waals surface area (Å²) in [7, 11) is 0. The standard InChI is InChI=1S/C30H54N2O8/c1-2-3-4-5-6-7-8-9-10-11-12-13-14-15-16-17-18-19-26(33)31-24(29(37)38)20-22-27(34)32-25(30(39)40)21-23-28(35)36/h24-25H,2-23H2,1H3,(H,31,33)(H,32,34)(H,35,36)(H,37,38)(H,39,40). The minimum atomic E-state index is -1.37. The SMILES string of the molecule is CCCCCCCCCCCCCCCCCCCC(=O)NC(CCC(=O)NC(CCC(=O)O)C(=O)O)C(=O)O. The van der Waals surface area contributed by atoms with E-state index in [0.717, 1.165) is 19.3 Å². The number of amides is 2. The molecule has 40 heavy (non-hydrogen) atoms. The number of carbonyl (C=O) groups is 5. The van der Waals surface area contributed by atoms with Gasteiger partial charge >= 0.3 is 17.9 Å². The van der Waals surface area contributed by atoms with Gasteiger partial charge in [-0.3, -0.25) is 14.4 Å². The molecular formula is C30H54N2O8. The van der Waals surface area contributed by atoms with Gasteiger partial charge in [-0.25, -0.2) is 9.59 Å². The van der Waals surface area contributed by atoms with E-state index in [1.807, 2.05) is 0 Å². The molecule has 232 valence electrons. The van der Waals surface area contributed by atoms with E-state index >= 15 is 0 Å². The van der Waals surface area contributed by atoms with Crippen molar-refractivity contribution in [1.82, 2.24) is 10.6 Å². The molecule has 0 radical (unpaired) electrons. The first kappa shape index (κ1) is 37.4. The summed E-state index contributed by atoms with van der Waals surface area (Å²) in [6.07, 6.45) is 20.0. The van der Waals surface area contributed by atoms with Crippen molar-refractivity contribution in [2.45, 2.75) is 160 Å². The average Bonchev–Trinajstić information content (AvgIpc) is 2.90. The van der Waals surface area contributed by atoms with Gasteiger partial charge in [-0.2, -0.15) is 0 Å². The maximum atomic E-state index is 12.2. The minimum Gasteiger partial charge on any atom is -0.481 e. The molecule has 0 spiro atoms. The van der Waals surface area contributed by atoms with Crippen molar-refractivity contribution in [3.05, 3.63) is 0 Å². The Bertz CT molecular complexity index is 728. The Morgan fingerprint density at radius 3 is 1.15 bits per heavy atom. The van der Waals surface area contributed by atoms with Gasteiger partial charge in [0.1, 0.15) is 12.1 Å². The largest absolute Gasteiger partial charge is 0.481 e. The van der Waals surface area contributed by atoms with Crippen LogP contribution in [0.5, 0.6) is 0 Å². The fourth-order valence-corrected chi connectivity index (χ4v) is 4.60. The zero-order chi connectivity index (χ0) is 30.0. The molecule has 2 unspecified atom stereocenters. The molecule has 0 saturated heterocycles. The molecule has 0 heterocycles. The Balaban J connectivity index is 3.85. The number of aliphatic carboxylic acids is 3. The van der Waals surface area contributed by atoms with E-state index in [-0.39, 0.29) is 25.7 Å². The van der Waals surface area contributed by atoms with Crippen LogP contribution in [0.15, 0.2) is 0 Å². The lowest BCUT2D eigenvalue weighted by Gasteiger charge is -2.16. The maximum Gasteiger partial charge on any atom is 0.326 e. The summed E-state index contributed by atoms with van der Waals surface area (Å²) in [5, 5.41) is 31.8. The van der Waals surface area contributed by atoms with Gasteiger partial charge in [0.2, 0.25) is 11.8 Å². The highest BCUT2D eigenvalue weighted by molar-refractivity contribution is 5.86. The molecule has 0 aliphatic carbocycles. The van der Waals surface area contributed by atoms with Crippen LogP contribution >= 0.6 is 0 Å². The predicted molar refractivity (Wildman–Crippen MR) is 154 cm³/mol. The lowest BCUT2D eigenvalue weighted by molar-refractivity contribution is -0.144. The molecule has 0 fully saturated rings. The van der Waals surface area contributed by atoms with Crippen LogP contribution in [0.2, 0.25) is 0 Å². The van der Waals surface area contributed by atoms with Crippen LogP contribution in [0.3, 0.4) is 0 Å². The minimum absolute atomic E-state index is 0.197. The van der Waals surface area contributed by atoms with Crippen molar-refractivity contribution in [2.75, 3.05) is 0 Å². The molecule has 10 nitrogen and oxygen atoms in total. The van der Waals surface area contributed by atoms with E-state index in [4.69, 9.17) is 10.2 Å². The van der Waals surface area contributed by atoms with E-state index in [1.165, 1.54) is 83.5 Å². The average molecular weight is 571 g/mol. The van der Waals surface area contributed by atoms with Gasteiger partial charge in [0.05, 0.1) is 0 Å². The Kier molecular flexibility index (Phi) is 23.6. The predicted octanol–water partition coefficient (Wildman–Crippen LogP) is 5.81. The normalized spacial score (nSPS) is 12.4. The molecule has 0 aromatic rings. The fraction of sp³-hybridized carbons (Fsp3) is 0.833. The molecule has 0 rings (SSSR count). The second kappa shape index (κ2) is 25.3. The van der Waals surface area contributed by atoms with Crippen LogP contribution in [0.4, 0.5) is 0 Å². The van der Waals surface area contributed by atoms with Gasteiger partial charge in [0.15, 0.2) is 0 Å². The third kappa shape index (κ3) is 23.3. The second-order valence-corrected chi connectivity index (χ2v) is 10.8. The van der Waals surface area contributed by atoms with Gasteiger partial charge in [-0.05, 0) is 19.3 Å². The van der Waals surface area contributed by atoms with Crippen LogP contribution in [0, 0.1) is 0 Å². The second-order valence-electron chi connectivity index (χ2n) is 10.8. The molecule has 2 amide bonds. The Morgan fingerprint density at radius 2 is 0.800 bits per heavy atom. The number of carboxylic acid groups (broad SMARTS) is 3. The van der Waals surface area contributed by atoms with Crippen molar-refractivity contribution >= 4 is 29.7 Å². The molecule has 0 aromatic heterocycles. The first-order chi connectivity index (χ1) is 19.2. The fourth-order valence-electron chi connectivity index (χ4n) is 4.60. The van der Waals surface area contributed by atoms with Gasteiger partial charge in [0.25, 0.3) is 0 Å². The molecule has 5 N–H and O–H groups in total. The molecule has 2 atom stereocenters. The van der Waals surface area contributed by atoms with Crippen molar-refractivity contribution in [2.24, 2.45) is 0 Å². The number of carbonyl (C=O) groups excluding carboxylic acids is 2. The lowest BCUT2D eigenvalue weighted by atomic mass is 10.0. The van der Waals surface area contributed by atoms with E-state index in [1.54, 1.807) is 0 Å². The summed E-state index contributed by atoms with van der Waals surface area (Å²) in [4.78, 5) is 57.5. The van der Waals surface area contributed by atoms with E-state index in [2.05, 4.69) is 17.6 Å². The summed E-state index contributed by atoms with van der Waals surface area (Å²) in [6, 6.07) is -2.63. The van der Waals surface area contributed by atoms with Crippen molar-refractivity contribution < 1.29 is 39.3 Å². The van der Waals surface area contributed by atoms with Crippen molar-refractivity contribution in [3.63, 3.8) is 0 Å². The number of unbranched alkanes of at least 4 members (excludes halogenated alkanes) is 16. The summed E-state index contributed by atoms with van der Waals surface area (Å²) < 4.78 is 0. The van der Waals surface area contributed by atoms with Crippen molar-refractivity contribution in [3.8, 4) is 0 Å². The highest BCUT2D eigenvalue weighted by Gasteiger charge is 2.24.